The van der Waals surface area contributed by atoms with Gasteiger partial charge in [0.2, 0.25) is 0 Å². The third kappa shape index (κ3) is 4.32. The maximum Gasteiger partial charge on any atom is 0.269 e. The van der Waals surface area contributed by atoms with E-state index in [2.05, 4.69) is 26.8 Å². The van der Waals surface area contributed by atoms with E-state index in [4.69, 9.17) is 4.74 Å². The average molecular weight is 377 g/mol. The molecule has 0 unspecified atom stereocenters. The molecule has 2 amide bonds. The highest BCUT2D eigenvalue weighted by Crippen LogP contribution is 2.25. The highest BCUT2D eigenvalue weighted by atomic mass is 79.9. The Bertz CT molecular complexity index is 732. The lowest BCUT2D eigenvalue weighted by Crippen LogP contribution is -2.41. The van der Waals surface area contributed by atoms with Crippen molar-refractivity contribution in [2.75, 3.05) is 6.61 Å². The summed E-state index contributed by atoms with van der Waals surface area (Å²) in [6.45, 7) is 4.26. The van der Waals surface area contributed by atoms with Crippen LogP contribution >= 0.6 is 15.9 Å². The molecule has 0 heterocycles. The quantitative estimate of drug-likeness (QED) is 0.804. The number of nitrogens with one attached hydrogen (secondary N) is 2. The van der Waals surface area contributed by atoms with E-state index in [1.807, 2.05) is 26.0 Å². The maximum atomic E-state index is 12.1. The van der Waals surface area contributed by atoms with Crippen LogP contribution in [-0.2, 0) is 0 Å². The number of amides is 2. The van der Waals surface area contributed by atoms with Crippen molar-refractivity contribution in [3.8, 4) is 5.75 Å². The summed E-state index contributed by atoms with van der Waals surface area (Å²) >= 11 is 3.35. The molecule has 0 spiro atoms. The van der Waals surface area contributed by atoms with Gasteiger partial charge in [-0.05, 0) is 59.6 Å². The lowest BCUT2D eigenvalue weighted by atomic mass is 10.1. The number of hydrazine groups is 1. The van der Waals surface area contributed by atoms with Gasteiger partial charge in [-0.15, -0.1) is 0 Å². The molecular formula is C17H17BrN2O3. The molecule has 2 N–H and O–H groups in total. The number of benzene rings is 2. The van der Waals surface area contributed by atoms with Gasteiger partial charge in [0.15, 0.2) is 0 Å². The van der Waals surface area contributed by atoms with E-state index in [1.54, 1.807) is 30.3 Å². The number of hydrogen-bond acceptors (Lipinski definition) is 3. The number of ether oxygens (including phenoxy) is 1. The second-order valence-electron chi connectivity index (χ2n) is 4.80. The fourth-order valence-electron chi connectivity index (χ4n) is 2.00. The number of halogens is 1. The summed E-state index contributed by atoms with van der Waals surface area (Å²) in [5.41, 5.74) is 6.57. The van der Waals surface area contributed by atoms with Gasteiger partial charge in [-0.2, -0.15) is 0 Å². The Balaban J connectivity index is 2.01. The molecule has 2 aromatic rings. The Morgan fingerprint density at radius 2 is 1.78 bits per heavy atom. The van der Waals surface area contributed by atoms with Crippen LogP contribution in [0.15, 0.2) is 46.9 Å². The van der Waals surface area contributed by atoms with E-state index in [0.717, 1.165) is 5.56 Å². The third-order valence-corrected chi connectivity index (χ3v) is 3.79. The van der Waals surface area contributed by atoms with Crippen LogP contribution in [0.5, 0.6) is 5.75 Å². The van der Waals surface area contributed by atoms with Crippen LogP contribution in [0.3, 0.4) is 0 Å². The van der Waals surface area contributed by atoms with Crippen molar-refractivity contribution in [3.63, 3.8) is 0 Å². The van der Waals surface area contributed by atoms with E-state index in [1.165, 1.54) is 0 Å². The average Bonchev–Trinajstić information content (AvgIpc) is 2.54. The molecule has 0 bridgehead atoms. The van der Waals surface area contributed by atoms with Gasteiger partial charge in [0.1, 0.15) is 5.75 Å². The van der Waals surface area contributed by atoms with Crippen molar-refractivity contribution in [2.24, 2.45) is 0 Å². The number of carbonyl (C=O) groups excluding carboxylic acids is 2. The van der Waals surface area contributed by atoms with Crippen LogP contribution < -0.4 is 15.6 Å². The van der Waals surface area contributed by atoms with Crippen molar-refractivity contribution >= 4 is 27.7 Å². The molecule has 0 saturated heterocycles. The lowest BCUT2D eigenvalue weighted by molar-refractivity contribution is 0.0846. The molecule has 0 aliphatic carbocycles. The monoisotopic (exact) mass is 376 g/mol. The summed E-state index contributed by atoms with van der Waals surface area (Å²) in [6, 6.07) is 12.1. The van der Waals surface area contributed by atoms with E-state index in [0.29, 0.717) is 28.0 Å². The minimum absolute atomic E-state index is 0.360. The second kappa shape index (κ2) is 7.78. The van der Waals surface area contributed by atoms with Crippen molar-refractivity contribution in [1.29, 1.82) is 0 Å². The van der Waals surface area contributed by atoms with Crippen molar-refractivity contribution in [3.05, 3.63) is 63.6 Å². The van der Waals surface area contributed by atoms with E-state index >= 15 is 0 Å². The second-order valence-corrected chi connectivity index (χ2v) is 5.66. The zero-order valence-corrected chi connectivity index (χ0v) is 14.4. The smallest absolute Gasteiger partial charge is 0.269 e. The van der Waals surface area contributed by atoms with Gasteiger partial charge in [0.25, 0.3) is 11.8 Å². The molecule has 0 atom stereocenters. The summed E-state index contributed by atoms with van der Waals surface area (Å²) < 4.78 is 6.07. The molecule has 2 aromatic carbocycles. The van der Waals surface area contributed by atoms with E-state index < -0.39 is 5.91 Å². The lowest BCUT2D eigenvalue weighted by Gasteiger charge is -2.10. The van der Waals surface area contributed by atoms with Gasteiger partial charge in [0.05, 0.1) is 11.1 Å². The van der Waals surface area contributed by atoms with Crippen molar-refractivity contribution in [1.82, 2.24) is 10.9 Å². The number of hydrogen-bond donors (Lipinski definition) is 2. The normalized spacial score (nSPS) is 10.0. The van der Waals surface area contributed by atoms with Crippen molar-refractivity contribution in [2.45, 2.75) is 13.8 Å². The molecule has 2 rings (SSSR count). The largest absolute Gasteiger partial charge is 0.493 e. The van der Waals surface area contributed by atoms with E-state index in [-0.39, 0.29) is 5.91 Å². The molecule has 0 aromatic heterocycles. The summed E-state index contributed by atoms with van der Waals surface area (Å²) in [5, 5.41) is 0. The zero-order chi connectivity index (χ0) is 16.8. The first-order valence-electron chi connectivity index (χ1n) is 7.11. The predicted molar refractivity (Wildman–Crippen MR) is 91.4 cm³/mol. The Labute approximate surface area is 143 Å². The van der Waals surface area contributed by atoms with Gasteiger partial charge < -0.3 is 4.74 Å². The Kier molecular flexibility index (Phi) is 5.76. The molecule has 0 fully saturated rings. The standard InChI is InChI=1S/C17H17BrN2O3/c1-3-23-15-9-8-12(10-14(15)18)16(21)19-20-17(22)13-7-5-4-6-11(13)2/h4-10H,3H2,1-2H3,(H,19,21)(H,20,22). The third-order valence-electron chi connectivity index (χ3n) is 3.17. The fourth-order valence-corrected chi connectivity index (χ4v) is 2.49. The van der Waals surface area contributed by atoms with Gasteiger partial charge in [-0.1, -0.05) is 18.2 Å². The zero-order valence-electron chi connectivity index (χ0n) is 12.9. The number of rotatable bonds is 4. The molecule has 5 nitrogen and oxygen atoms in total. The maximum absolute atomic E-state index is 12.1. The predicted octanol–water partition coefficient (Wildman–Crippen LogP) is 3.23. The van der Waals surface area contributed by atoms with Crippen LogP contribution in [0.4, 0.5) is 0 Å². The van der Waals surface area contributed by atoms with Crippen LogP contribution in [0, 0.1) is 6.92 Å². The number of carbonyl (C=O) groups is 2. The molecule has 120 valence electrons. The molecule has 0 radical (unpaired) electrons. The first-order chi connectivity index (χ1) is 11.0. The van der Waals surface area contributed by atoms with Gasteiger partial charge in [-0.3, -0.25) is 20.4 Å². The fraction of sp³-hybridized carbons (Fsp3) is 0.176. The first-order valence-corrected chi connectivity index (χ1v) is 7.91. The molecule has 0 aliphatic heterocycles. The molecule has 6 heteroatoms. The Morgan fingerprint density at radius 1 is 1.09 bits per heavy atom. The van der Waals surface area contributed by atoms with Gasteiger partial charge in [0, 0.05) is 11.1 Å². The topological polar surface area (TPSA) is 67.4 Å². The molecule has 0 saturated carbocycles. The summed E-state index contributed by atoms with van der Waals surface area (Å²) in [7, 11) is 0. The highest BCUT2D eigenvalue weighted by molar-refractivity contribution is 9.10. The van der Waals surface area contributed by atoms with Crippen LogP contribution in [0.1, 0.15) is 33.2 Å². The minimum atomic E-state index is -0.407. The van der Waals surface area contributed by atoms with Gasteiger partial charge >= 0.3 is 0 Å². The Hall–Kier alpha value is -2.34. The van der Waals surface area contributed by atoms with E-state index in [9.17, 15) is 9.59 Å². The van der Waals surface area contributed by atoms with Crippen LogP contribution in [-0.4, -0.2) is 18.4 Å². The summed E-state index contributed by atoms with van der Waals surface area (Å²) in [5.74, 6) is -0.106. The molecule has 0 aliphatic rings. The summed E-state index contributed by atoms with van der Waals surface area (Å²) in [4.78, 5) is 24.2. The minimum Gasteiger partial charge on any atom is -0.493 e. The SMILES string of the molecule is CCOc1ccc(C(=O)NNC(=O)c2ccccc2C)cc1Br. The van der Waals surface area contributed by atoms with Crippen LogP contribution in [0.2, 0.25) is 0 Å². The highest BCUT2D eigenvalue weighted by Gasteiger charge is 2.12. The van der Waals surface area contributed by atoms with Crippen LogP contribution in [0.25, 0.3) is 0 Å². The number of aryl methyl sites for hydroxylation is 1. The van der Waals surface area contributed by atoms with Crippen molar-refractivity contribution < 1.29 is 14.3 Å². The Morgan fingerprint density at radius 3 is 2.43 bits per heavy atom. The molecular weight excluding hydrogens is 360 g/mol. The molecule has 23 heavy (non-hydrogen) atoms. The summed E-state index contributed by atoms with van der Waals surface area (Å²) in [6.07, 6.45) is 0. The first kappa shape index (κ1) is 17.0. The van der Waals surface area contributed by atoms with Gasteiger partial charge in [-0.25, -0.2) is 0 Å².